The van der Waals surface area contributed by atoms with Gasteiger partial charge < -0.3 is 20.5 Å². The molecule has 0 spiro atoms. The lowest BCUT2D eigenvalue weighted by Gasteiger charge is -2.15. The number of amides is 4. The predicted octanol–water partition coefficient (Wildman–Crippen LogP) is 6.67. The van der Waals surface area contributed by atoms with E-state index in [2.05, 4.69) is 47.0 Å². The van der Waals surface area contributed by atoms with Gasteiger partial charge in [-0.3, -0.25) is 15.4 Å². The summed E-state index contributed by atoms with van der Waals surface area (Å²) in [5.41, 5.74) is 3.12. The number of benzene rings is 3. The van der Waals surface area contributed by atoms with Crippen LogP contribution in [0.4, 0.5) is 26.9 Å². The normalized spacial score (nSPS) is 11.1. The molecule has 5 N–H and O–H groups in total. The highest BCUT2D eigenvalue weighted by Crippen LogP contribution is 2.35. The number of hydrogen-bond donors (Lipinski definition) is 5. The van der Waals surface area contributed by atoms with Crippen molar-refractivity contribution in [1.29, 1.82) is 0 Å². The first-order valence-electron chi connectivity index (χ1n) is 14.1. The van der Waals surface area contributed by atoms with E-state index in [0.717, 1.165) is 27.7 Å². The number of rotatable bonds is 8. The van der Waals surface area contributed by atoms with Gasteiger partial charge >= 0.3 is 18.0 Å². The number of fused-ring (bicyclic) bond motifs is 1. The summed E-state index contributed by atoms with van der Waals surface area (Å²) in [6.45, 7) is 7.69. The molecule has 5 aromatic rings. The Morgan fingerprint density at radius 1 is 0.867 bits per heavy atom. The molecule has 230 valence electrons. The molecular weight excluding hydrogens is 574 g/mol. The smallest absolute Gasteiger partial charge is 0.324 e. The molecule has 0 radical (unpaired) electrons. The van der Waals surface area contributed by atoms with Crippen molar-refractivity contribution in [2.45, 2.75) is 33.1 Å². The molecule has 0 aliphatic heterocycles. The first-order valence-corrected chi connectivity index (χ1v) is 14.1. The van der Waals surface area contributed by atoms with Crippen LogP contribution in [-0.4, -0.2) is 44.4 Å². The van der Waals surface area contributed by atoms with Gasteiger partial charge in [0.2, 0.25) is 0 Å². The minimum Gasteiger partial charge on any atom is -0.480 e. The van der Waals surface area contributed by atoms with Crippen molar-refractivity contribution in [2.24, 2.45) is 0 Å². The molecule has 12 nitrogen and oxygen atoms in total. The minimum absolute atomic E-state index is 0.175. The first-order chi connectivity index (χ1) is 21.5. The fourth-order valence-corrected chi connectivity index (χ4v) is 4.45. The number of nitrogens with one attached hydrogen (secondary N) is 4. The number of carboxylic acids is 1. The third-order valence-corrected chi connectivity index (χ3v) is 6.73. The molecule has 3 aromatic carbocycles. The van der Waals surface area contributed by atoms with Gasteiger partial charge in [0.15, 0.2) is 0 Å². The van der Waals surface area contributed by atoms with Gasteiger partial charge in [0.25, 0.3) is 0 Å². The average Bonchev–Trinajstić information content (AvgIpc) is 3.42. The highest BCUT2D eigenvalue weighted by atomic mass is 16.5. The van der Waals surface area contributed by atoms with Crippen LogP contribution in [0.25, 0.3) is 16.5 Å². The van der Waals surface area contributed by atoms with Gasteiger partial charge in [0.1, 0.15) is 29.7 Å². The van der Waals surface area contributed by atoms with E-state index in [9.17, 15) is 14.4 Å². The Bertz CT molecular complexity index is 1880. The number of carboxylic acid groups (broad SMARTS) is 1. The number of ether oxygens (including phenoxy) is 1. The molecule has 4 amide bonds. The lowest BCUT2D eigenvalue weighted by Crippen LogP contribution is -2.33. The molecule has 0 aliphatic rings. The maximum atomic E-state index is 13.3. The first kappa shape index (κ1) is 30.5. The summed E-state index contributed by atoms with van der Waals surface area (Å²) < 4.78 is 7.85. The summed E-state index contributed by atoms with van der Waals surface area (Å²) >= 11 is 0. The summed E-state index contributed by atoms with van der Waals surface area (Å²) in [5, 5.41) is 25.6. The second-order valence-corrected chi connectivity index (χ2v) is 11.3. The zero-order valence-corrected chi connectivity index (χ0v) is 25.2. The van der Waals surface area contributed by atoms with Crippen LogP contribution < -0.4 is 26.0 Å². The Hall–Kier alpha value is -5.91. The van der Waals surface area contributed by atoms with Crippen molar-refractivity contribution in [2.75, 3.05) is 22.5 Å². The third kappa shape index (κ3) is 7.54. The molecule has 0 saturated carbocycles. The molecule has 0 saturated heterocycles. The number of aromatic nitrogens is 3. The van der Waals surface area contributed by atoms with E-state index < -0.39 is 24.6 Å². The molecule has 2 aromatic heterocycles. The molecule has 45 heavy (non-hydrogen) atoms. The van der Waals surface area contributed by atoms with E-state index in [1.807, 2.05) is 61.5 Å². The highest BCUT2D eigenvalue weighted by Gasteiger charge is 2.22. The van der Waals surface area contributed by atoms with Crippen LogP contribution in [-0.2, 0) is 10.2 Å². The van der Waals surface area contributed by atoms with Crippen molar-refractivity contribution in [3.05, 3.63) is 96.3 Å². The fourth-order valence-electron chi connectivity index (χ4n) is 4.45. The Morgan fingerprint density at radius 3 is 2.31 bits per heavy atom. The fraction of sp³-hybridized carbons (Fsp3) is 0.182. The van der Waals surface area contributed by atoms with Crippen molar-refractivity contribution in [1.82, 2.24) is 20.1 Å². The number of urea groups is 2. The minimum atomic E-state index is -1.17. The van der Waals surface area contributed by atoms with Gasteiger partial charge in [-0.15, -0.1) is 0 Å². The largest absolute Gasteiger partial charge is 0.480 e. The van der Waals surface area contributed by atoms with Crippen LogP contribution in [0.1, 0.15) is 32.0 Å². The molecule has 0 aliphatic carbocycles. The lowest BCUT2D eigenvalue weighted by molar-refractivity contribution is -0.135. The predicted molar refractivity (Wildman–Crippen MR) is 173 cm³/mol. The molecule has 0 fully saturated rings. The number of anilines is 3. The number of pyridine rings is 1. The number of carbonyl (C=O) groups excluding carboxylic acids is 2. The van der Waals surface area contributed by atoms with Crippen molar-refractivity contribution < 1.29 is 24.2 Å². The number of aliphatic carboxylic acids is 1. The maximum Gasteiger partial charge on any atom is 0.324 e. The molecular formula is C33H33N7O5. The number of hydrogen-bond acceptors (Lipinski definition) is 6. The van der Waals surface area contributed by atoms with Gasteiger partial charge in [-0.1, -0.05) is 62.7 Å². The Morgan fingerprint density at radius 2 is 1.60 bits per heavy atom. The molecule has 0 atom stereocenters. The number of aryl methyl sites for hydroxylation is 1. The van der Waals surface area contributed by atoms with Crippen LogP contribution in [0.3, 0.4) is 0 Å². The molecule has 2 heterocycles. The monoisotopic (exact) mass is 607 g/mol. The Kier molecular flexibility index (Phi) is 8.66. The summed E-state index contributed by atoms with van der Waals surface area (Å²) in [6, 6.07) is 22.7. The van der Waals surface area contributed by atoms with Gasteiger partial charge in [0, 0.05) is 34.5 Å². The second-order valence-electron chi connectivity index (χ2n) is 11.3. The summed E-state index contributed by atoms with van der Waals surface area (Å²) in [7, 11) is 0. The highest BCUT2D eigenvalue weighted by molar-refractivity contribution is 6.07. The SMILES string of the molecule is Cc1ccc(-n2nc(C(C)(C)C)cc2NC(=O)Nc2ccc(Oc3ccnc(NC(=O)NCC(=O)O)c3)c3ccccc23)cc1. The average molecular weight is 608 g/mol. The van der Waals surface area contributed by atoms with Crippen molar-refractivity contribution >= 4 is 46.1 Å². The topological polar surface area (TPSA) is 160 Å². The third-order valence-electron chi connectivity index (χ3n) is 6.73. The molecule has 0 bridgehead atoms. The van der Waals surface area contributed by atoms with E-state index in [1.54, 1.807) is 22.9 Å². The van der Waals surface area contributed by atoms with Crippen LogP contribution >= 0.6 is 0 Å². The van der Waals surface area contributed by atoms with Gasteiger partial charge in [-0.05, 0) is 37.3 Å². The van der Waals surface area contributed by atoms with Gasteiger partial charge in [0.05, 0.1) is 17.1 Å². The van der Waals surface area contributed by atoms with Crippen molar-refractivity contribution in [3.63, 3.8) is 0 Å². The number of carbonyl (C=O) groups is 3. The Balaban J connectivity index is 1.35. The summed E-state index contributed by atoms with van der Waals surface area (Å²) in [6.07, 6.45) is 1.46. The van der Waals surface area contributed by atoms with Crippen LogP contribution in [0, 0.1) is 6.92 Å². The van der Waals surface area contributed by atoms with Crippen molar-refractivity contribution in [3.8, 4) is 17.2 Å². The van der Waals surface area contributed by atoms with Crippen LogP contribution in [0.2, 0.25) is 0 Å². The lowest BCUT2D eigenvalue weighted by atomic mass is 9.92. The van der Waals surface area contributed by atoms with Gasteiger partial charge in [-0.25, -0.2) is 19.3 Å². The zero-order valence-electron chi connectivity index (χ0n) is 25.2. The Labute approximate surface area is 259 Å². The molecule has 12 heteroatoms. The van der Waals surface area contributed by atoms with E-state index in [-0.39, 0.29) is 11.2 Å². The number of nitrogens with zero attached hydrogens (tertiary/aromatic N) is 3. The van der Waals surface area contributed by atoms with Crippen LogP contribution in [0.5, 0.6) is 11.5 Å². The standard InChI is InChI=1S/C33H33N7O5/c1-20-9-11-21(12-10-20)40-29(18-27(39-40)33(2,3)4)38-32(44)36-25-13-14-26(24-8-6-5-7-23(24)25)45-22-15-16-34-28(17-22)37-31(43)35-19-30(41)42/h5-18H,19H2,1-4H3,(H,41,42)(H2,36,38,44)(H2,34,35,37,43). The summed E-state index contributed by atoms with van der Waals surface area (Å²) in [5.74, 6) is 0.442. The maximum absolute atomic E-state index is 13.3. The molecule has 5 rings (SSSR count). The van der Waals surface area contributed by atoms with Gasteiger partial charge in [-0.2, -0.15) is 5.10 Å². The van der Waals surface area contributed by atoms with E-state index in [4.69, 9.17) is 14.9 Å². The van der Waals surface area contributed by atoms with E-state index in [1.165, 1.54) is 12.3 Å². The quantitative estimate of drug-likeness (QED) is 0.132. The van der Waals surface area contributed by atoms with Crippen LogP contribution in [0.15, 0.2) is 85.1 Å². The zero-order chi connectivity index (χ0) is 32.1. The molecule has 0 unspecified atom stereocenters. The van der Waals surface area contributed by atoms with E-state index >= 15 is 0 Å². The second kappa shape index (κ2) is 12.8. The summed E-state index contributed by atoms with van der Waals surface area (Å²) in [4.78, 5) is 40.0. The van der Waals surface area contributed by atoms with E-state index in [0.29, 0.717) is 23.0 Å².